The first-order valence-corrected chi connectivity index (χ1v) is 8.79. The number of methoxy groups -OCH3 is 2. The molecule has 0 spiro atoms. The van der Waals surface area contributed by atoms with Gasteiger partial charge in [0, 0.05) is 11.4 Å². The highest BCUT2D eigenvalue weighted by Gasteiger charge is 2.34. The van der Waals surface area contributed by atoms with Crippen LogP contribution in [-0.2, 0) is 0 Å². The average molecular weight is 378 g/mol. The number of ether oxygens (including phenoxy) is 2. The van der Waals surface area contributed by atoms with Crippen molar-refractivity contribution in [1.29, 1.82) is 0 Å². The summed E-state index contributed by atoms with van der Waals surface area (Å²) >= 11 is 0. The van der Waals surface area contributed by atoms with Crippen molar-refractivity contribution in [3.63, 3.8) is 0 Å². The van der Waals surface area contributed by atoms with Crippen LogP contribution in [0.4, 0.5) is 15.8 Å². The van der Waals surface area contributed by atoms with Crippen LogP contribution >= 0.6 is 0 Å². The molecule has 5 nitrogen and oxygen atoms in total. The Morgan fingerprint density at radius 2 is 1.71 bits per heavy atom. The summed E-state index contributed by atoms with van der Waals surface area (Å²) in [6.45, 7) is 0. The van der Waals surface area contributed by atoms with Crippen LogP contribution in [0.3, 0.4) is 0 Å². The third-order valence-corrected chi connectivity index (χ3v) is 4.77. The molecule has 3 aromatic rings. The third-order valence-electron chi connectivity index (χ3n) is 4.77. The SMILES string of the molecule is COc1ccc(N2C(=O)c3ccccc3N[C@H]2c2ccc(OC)c(F)c2)cc1. The van der Waals surface area contributed by atoms with Gasteiger partial charge in [-0.05, 0) is 54.1 Å². The highest BCUT2D eigenvalue weighted by Crippen LogP contribution is 2.37. The van der Waals surface area contributed by atoms with Gasteiger partial charge in [0.15, 0.2) is 11.6 Å². The van der Waals surface area contributed by atoms with Gasteiger partial charge in [-0.15, -0.1) is 0 Å². The summed E-state index contributed by atoms with van der Waals surface area (Å²) < 4.78 is 24.6. The number of fused-ring (bicyclic) bond motifs is 1. The zero-order valence-corrected chi connectivity index (χ0v) is 15.5. The van der Waals surface area contributed by atoms with Crippen LogP contribution < -0.4 is 19.7 Å². The number of carbonyl (C=O) groups is 1. The summed E-state index contributed by atoms with van der Waals surface area (Å²) in [5, 5.41) is 3.35. The Balaban J connectivity index is 1.83. The lowest BCUT2D eigenvalue weighted by atomic mass is 10.0. The predicted molar refractivity (Wildman–Crippen MR) is 106 cm³/mol. The van der Waals surface area contributed by atoms with Crippen LogP contribution in [0.2, 0.25) is 0 Å². The maximum Gasteiger partial charge on any atom is 0.262 e. The van der Waals surface area contributed by atoms with Gasteiger partial charge in [0.25, 0.3) is 5.91 Å². The molecule has 1 N–H and O–H groups in total. The molecule has 28 heavy (non-hydrogen) atoms. The number of anilines is 2. The van der Waals surface area contributed by atoms with E-state index in [1.165, 1.54) is 13.2 Å². The normalized spacial score (nSPS) is 15.6. The van der Waals surface area contributed by atoms with Crippen molar-refractivity contribution in [2.75, 3.05) is 24.4 Å². The summed E-state index contributed by atoms with van der Waals surface area (Å²) in [4.78, 5) is 14.9. The van der Waals surface area contributed by atoms with Crippen molar-refractivity contribution in [2.45, 2.75) is 6.17 Å². The second-order valence-electron chi connectivity index (χ2n) is 6.36. The van der Waals surface area contributed by atoms with E-state index < -0.39 is 12.0 Å². The first-order valence-electron chi connectivity index (χ1n) is 8.79. The van der Waals surface area contributed by atoms with E-state index in [0.717, 1.165) is 0 Å². The van der Waals surface area contributed by atoms with Crippen molar-refractivity contribution in [1.82, 2.24) is 0 Å². The molecule has 1 amide bonds. The van der Waals surface area contributed by atoms with E-state index in [0.29, 0.717) is 28.3 Å². The molecule has 3 aromatic carbocycles. The number of halogens is 1. The number of para-hydroxylation sites is 1. The molecule has 1 heterocycles. The fourth-order valence-corrected chi connectivity index (χ4v) is 3.35. The molecule has 4 rings (SSSR count). The summed E-state index contributed by atoms with van der Waals surface area (Å²) in [6.07, 6.45) is -0.573. The van der Waals surface area contributed by atoms with E-state index >= 15 is 0 Å². The van der Waals surface area contributed by atoms with Crippen LogP contribution in [0.25, 0.3) is 0 Å². The zero-order valence-electron chi connectivity index (χ0n) is 15.5. The molecule has 0 saturated heterocycles. The molecule has 142 valence electrons. The number of benzene rings is 3. The van der Waals surface area contributed by atoms with Gasteiger partial charge < -0.3 is 14.8 Å². The monoisotopic (exact) mass is 378 g/mol. The third kappa shape index (κ3) is 3.03. The molecule has 0 bridgehead atoms. The molecule has 0 radical (unpaired) electrons. The smallest absolute Gasteiger partial charge is 0.262 e. The summed E-state index contributed by atoms with van der Waals surface area (Å²) in [7, 11) is 3.00. The summed E-state index contributed by atoms with van der Waals surface area (Å²) in [5.41, 5.74) is 2.55. The second kappa shape index (κ2) is 7.23. The Bertz CT molecular complexity index is 1020. The van der Waals surface area contributed by atoms with Gasteiger partial charge in [-0.3, -0.25) is 9.69 Å². The van der Waals surface area contributed by atoms with E-state index in [1.54, 1.807) is 54.5 Å². The fraction of sp³-hybridized carbons (Fsp3) is 0.136. The van der Waals surface area contributed by atoms with Gasteiger partial charge in [0.1, 0.15) is 11.9 Å². The van der Waals surface area contributed by atoms with Gasteiger partial charge in [-0.25, -0.2) is 4.39 Å². The first kappa shape index (κ1) is 17.9. The Labute approximate surface area is 162 Å². The van der Waals surface area contributed by atoms with Crippen molar-refractivity contribution in [3.05, 3.63) is 83.7 Å². The van der Waals surface area contributed by atoms with Crippen LogP contribution in [0.15, 0.2) is 66.7 Å². The van der Waals surface area contributed by atoms with E-state index in [1.807, 2.05) is 18.2 Å². The number of nitrogens with one attached hydrogen (secondary N) is 1. The topological polar surface area (TPSA) is 50.8 Å². The zero-order chi connectivity index (χ0) is 19.7. The molecule has 1 aliphatic heterocycles. The lowest BCUT2D eigenvalue weighted by Crippen LogP contribution is -2.43. The highest BCUT2D eigenvalue weighted by atomic mass is 19.1. The number of nitrogens with zero attached hydrogens (tertiary/aromatic N) is 1. The maximum atomic E-state index is 14.4. The number of rotatable bonds is 4. The molecule has 0 fully saturated rings. The molecule has 0 aliphatic carbocycles. The highest BCUT2D eigenvalue weighted by molar-refractivity contribution is 6.12. The number of hydrogen-bond acceptors (Lipinski definition) is 4. The number of amides is 1. The minimum absolute atomic E-state index is 0.155. The van der Waals surface area contributed by atoms with Crippen LogP contribution in [0.5, 0.6) is 11.5 Å². The van der Waals surface area contributed by atoms with Gasteiger partial charge in [-0.2, -0.15) is 0 Å². The first-order chi connectivity index (χ1) is 13.6. The van der Waals surface area contributed by atoms with E-state index in [-0.39, 0.29) is 11.7 Å². The van der Waals surface area contributed by atoms with Crippen molar-refractivity contribution in [3.8, 4) is 11.5 Å². The Morgan fingerprint density at radius 1 is 0.964 bits per heavy atom. The summed E-state index contributed by atoms with van der Waals surface area (Å²) in [6, 6.07) is 19.2. The summed E-state index contributed by atoms with van der Waals surface area (Å²) in [5.74, 6) is 0.194. The standard InChI is InChI=1S/C22H19FN2O3/c1-27-16-10-8-15(9-11-16)25-21(14-7-12-20(28-2)18(23)13-14)24-19-6-4-3-5-17(19)22(25)26/h3-13,21,24H,1-2H3/t21-/m1/s1. The minimum atomic E-state index is -0.573. The Kier molecular flexibility index (Phi) is 4.61. The molecule has 0 saturated carbocycles. The molecule has 0 unspecified atom stereocenters. The van der Waals surface area contributed by atoms with E-state index in [2.05, 4.69) is 5.32 Å². The number of carbonyl (C=O) groups excluding carboxylic acids is 1. The quantitative estimate of drug-likeness (QED) is 0.720. The van der Waals surface area contributed by atoms with Gasteiger partial charge in [-0.1, -0.05) is 18.2 Å². The Hall–Kier alpha value is -3.54. The Morgan fingerprint density at radius 3 is 2.39 bits per heavy atom. The molecule has 0 aromatic heterocycles. The van der Waals surface area contributed by atoms with Crippen molar-refractivity contribution in [2.24, 2.45) is 0 Å². The van der Waals surface area contributed by atoms with Crippen LogP contribution in [0.1, 0.15) is 22.1 Å². The van der Waals surface area contributed by atoms with E-state index in [4.69, 9.17) is 9.47 Å². The molecule has 6 heteroatoms. The second-order valence-corrected chi connectivity index (χ2v) is 6.36. The lowest BCUT2D eigenvalue weighted by Gasteiger charge is -2.38. The van der Waals surface area contributed by atoms with Crippen molar-refractivity contribution >= 4 is 17.3 Å². The predicted octanol–water partition coefficient (Wildman–Crippen LogP) is 4.61. The lowest BCUT2D eigenvalue weighted by molar-refractivity contribution is 0.0975. The van der Waals surface area contributed by atoms with Crippen molar-refractivity contribution < 1.29 is 18.7 Å². The fourth-order valence-electron chi connectivity index (χ4n) is 3.35. The largest absolute Gasteiger partial charge is 0.497 e. The molecular formula is C22H19FN2O3. The number of hydrogen-bond donors (Lipinski definition) is 1. The van der Waals surface area contributed by atoms with Gasteiger partial charge in [0.05, 0.1) is 19.8 Å². The van der Waals surface area contributed by atoms with Crippen LogP contribution in [0, 0.1) is 5.82 Å². The van der Waals surface area contributed by atoms with E-state index in [9.17, 15) is 9.18 Å². The molecule has 1 atom stereocenters. The van der Waals surface area contributed by atoms with Gasteiger partial charge >= 0.3 is 0 Å². The molecule has 1 aliphatic rings. The minimum Gasteiger partial charge on any atom is -0.497 e. The molecular weight excluding hydrogens is 359 g/mol. The maximum absolute atomic E-state index is 14.4. The van der Waals surface area contributed by atoms with Gasteiger partial charge in [0.2, 0.25) is 0 Å². The van der Waals surface area contributed by atoms with Crippen LogP contribution in [-0.4, -0.2) is 20.1 Å². The average Bonchev–Trinajstić information content (AvgIpc) is 2.74.